The smallest absolute Gasteiger partial charge is 0.113 e. The first-order valence-electron chi connectivity index (χ1n) is 7.47. The number of nitrogens with one attached hydrogen (secondary N) is 1. The molecule has 0 spiro atoms. The number of benzene rings is 2. The molecule has 4 nitrogen and oxygen atoms in total. The van der Waals surface area contributed by atoms with Crippen molar-refractivity contribution in [1.29, 1.82) is 0 Å². The van der Waals surface area contributed by atoms with Crippen molar-refractivity contribution in [2.24, 2.45) is 0 Å². The molecule has 0 fully saturated rings. The van der Waals surface area contributed by atoms with Gasteiger partial charge in [0, 0.05) is 6.04 Å². The van der Waals surface area contributed by atoms with E-state index in [2.05, 4.69) is 53.7 Å². The van der Waals surface area contributed by atoms with Gasteiger partial charge in [-0.2, -0.15) is 0 Å². The average molecular weight is 280 g/mol. The summed E-state index contributed by atoms with van der Waals surface area (Å²) in [6, 6.07) is 17.0. The zero-order valence-corrected chi connectivity index (χ0v) is 12.5. The van der Waals surface area contributed by atoms with Gasteiger partial charge in [0.15, 0.2) is 0 Å². The Bertz CT molecular complexity index is 715. The van der Waals surface area contributed by atoms with E-state index in [0.717, 1.165) is 29.7 Å². The van der Waals surface area contributed by atoms with Crippen LogP contribution in [0.25, 0.3) is 16.7 Å². The van der Waals surface area contributed by atoms with Crippen LogP contribution in [0.2, 0.25) is 0 Å². The van der Waals surface area contributed by atoms with E-state index in [-0.39, 0.29) is 0 Å². The van der Waals surface area contributed by atoms with Crippen molar-refractivity contribution in [3.63, 3.8) is 0 Å². The maximum absolute atomic E-state index is 4.25. The summed E-state index contributed by atoms with van der Waals surface area (Å²) in [4.78, 5) is 0. The van der Waals surface area contributed by atoms with Gasteiger partial charge in [-0.1, -0.05) is 43.3 Å². The molecule has 3 aromatic rings. The lowest BCUT2D eigenvalue weighted by molar-refractivity contribution is 0.537. The molecule has 108 valence electrons. The maximum Gasteiger partial charge on any atom is 0.113 e. The van der Waals surface area contributed by atoms with Crippen molar-refractivity contribution >= 4 is 11.0 Å². The van der Waals surface area contributed by atoms with E-state index in [1.165, 1.54) is 5.56 Å². The highest BCUT2D eigenvalue weighted by atomic mass is 15.4. The highest BCUT2D eigenvalue weighted by Crippen LogP contribution is 2.20. The van der Waals surface area contributed by atoms with E-state index < -0.39 is 0 Å². The van der Waals surface area contributed by atoms with Crippen LogP contribution in [0.15, 0.2) is 48.5 Å². The van der Waals surface area contributed by atoms with Crippen molar-refractivity contribution in [1.82, 2.24) is 20.3 Å². The molecule has 1 unspecified atom stereocenters. The Labute approximate surface area is 124 Å². The quantitative estimate of drug-likeness (QED) is 0.778. The number of rotatable bonds is 5. The first kappa shape index (κ1) is 13.8. The van der Waals surface area contributed by atoms with Crippen LogP contribution in [0.1, 0.15) is 31.9 Å². The lowest BCUT2D eigenvalue weighted by atomic mass is 10.0. The summed E-state index contributed by atoms with van der Waals surface area (Å²) in [6.45, 7) is 5.32. The molecule has 0 saturated heterocycles. The van der Waals surface area contributed by atoms with Crippen LogP contribution in [0.5, 0.6) is 0 Å². The molecule has 0 bridgehead atoms. The predicted molar refractivity (Wildman–Crippen MR) is 85.6 cm³/mol. The van der Waals surface area contributed by atoms with Gasteiger partial charge in [0.05, 0.1) is 11.2 Å². The van der Waals surface area contributed by atoms with E-state index >= 15 is 0 Å². The molecular weight excluding hydrogens is 260 g/mol. The van der Waals surface area contributed by atoms with Crippen LogP contribution in [-0.4, -0.2) is 21.5 Å². The molecule has 2 aromatic carbocycles. The van der Waals surface area contributed by atoms with Crippen molar-refractivity contribution < 1.29 is 0 Å². The van der Waals surface area contributed by atoms with Gasteiger partial charge in [-0.05, 0) is 42.8 Å². The van der Waals surface area contributed by atoms with E-state index in [9.17, 15) is 0 Å². The fourth-order valence-electron chi connectivity index (χ4n) is 2.65. The van der Waals surface area contributed by atoms with Gasteiger partial charge < -0.3 is 5.32 Å². The average Bonchev–Trinajstić information content (AvgIpc) is 2.97. The normalized spacial score (nSPS) is 12.7. The number of hydrogen-bond acceptors (Lipinski definition) is 3. The topological polar surface area (TPSA) is 42.7 Å². The van der Waals surface area contributed by atoms with Crippen LogP contribution in [-0.2, 0) is 0 Å². The van der Waals surface area contributed by atoms with E-state index in [1.54, 1.807) is 0 Å². The summed E-state index contributed by atoms with van der Waals surface area (Å²) in [5, 5.41) is 11.9. The Morgan fingerprint density at radius 3 is 2.52 bits per heavy atom. The number of aromatic nitrogens is 3. The summed E-state index contributed by atoms with van der Waals surface area (Å²) >= 11 is 0. The van der Waals surface area contributed by atoms with Crippen LogP contribution in [0.3, 0.4) is 0 Å². The molecular formula is C17H20N4. The Hall–Kier alpha value is -2.20. The van der Waals surface area contributed by atoms with Gasteiger partial charge >= 0.3 is 0 Å². The van der Waals surface area contributed by atoms with Gasteiger partial charge in [-0.15, -0.1) is 5.10 Å². The molecule has 21 heavy (non-hydrogen) atoms. The molecule has 1 atom stereocenters. The largest absolute Gasteiger partial charge is 0.310 e. The van der Waals surface area contributed by atoms with Crippen LogP contribution >= 0.6 is 0 Å². The Kier molecular flexibility index (Phi) is 3.97. The lowest BCUT2D eigenvalue weighted by Crippen LogP contribution is -2.19. The number of para-hydroxylation sites is 1. The summed E-state index contributed by atoms with van der Waals surface area (Å²) in [7, 11) is 0. The van der Waals surface area contributed by atoms with Crippen LogP contribution in [0.4, 0.5) is 0 Å². The molecule has 0 saturated carbocycles. The standard InChI is InChI=1S/C17H20N4/c1-3-15(18-4-2)13-9-11-14(12-10-13)21-17-8-6-5-7-16(17)19-20-21/h5-12,15,18H,3-4H2,1-2H3. The molecule has 1 N–H and O–H groups in total. The summed E-state index contributed by atoms with van der Waals surface area (Å²) in [6.07, 6.45) is 1.08. The fourth-order valence-corrected chi connectivity index (χ4v) is 2.65. The third-order valence-corrected chi connectivity index (χ3v) is 3.75. The van der Waals surface area contributed by atoms with Gasteiger partial charge in [-0.25, -0.2) is 4.68 Å². The highest BCUT2D eigenvalue weighted by Gasteiger charge is 2.09. The lowest BCUT2D eigenvalue weighted by Gasteiger charge is -2.16. The van der Waals surface area contributed by atoms with Crippen molar-refractivity contribution in [2.45, 2.75) is 26.3 Å². The number of nitrogens with zero attached hydrogens (tertiary/aromatic N) is 3. The first-order chi connectivity index (χ1) is 10.3. The summed E-state index contributed by atoms with van der Waals surface area (Å²) < 4.78 is 1.88. The molecule has 1 heterocycles. The maximum atomic E-state index is 4.25. The van der Waals surface area contributed by atoms with Gasteiger partial charge in [0.2, 0.25) is 0 Å². The van der Waals surface area contributed by atoms with Crippen LogP contribution in [0, 0.1) is 0 Å². The van der Waals surface area contributed by atoms with Gasteiger partial charge in [0.1, 0.15) is 5.52 Å². The zero-order valence-electron chi connectivity index (χ0n) is 12.5. The third-order valence-electron chi connectivity index (χ3n) is 3.75. The van der Waals surface area contributed by atoms with Crippen LogP contribution < -0.4 is 5.32 Å². The second-order valence-corrected chi connectivity index (χ2v) is 5.10. The Morgan fingerprint density at radius 1 is 1.05 bits per heavy atom. The van der Waals surface area contributed by atoms with Crippen molar-refractivity contribution in [2.75, 3.05) is 6.54 Å². The molecule has 0 aliphatic rings. The molecule has 0 amide bonds. The minimum absolute atomic E-state index is 0.413. The predicted octanol–water partition coefficient (Wildman–Crippen LogP) is 3.48. The van der Waals surface area contributed by atoms with E-state index in [4.69, 9.17) is 0 Å². The minimum Gasteiger partial charge on any atom is -0.310 e. The van der Waals surface area contributed by atoms with Crippen molar-refractivity contribution in [3.8, 4) is 5.69 Å². The zero-order chi connectivity index (χ0) is 14.7. The second-order valence-electron chi connectivity index (χ2n) is 5.10. The monoisotopic (exact) mass is 280 g/mol. The number of hydrogen-bond donors (Lipinski definition) is 1. The molecule has 0 aliphatic heterocycles. The first-order valence-corrected chi connectivity index (χ1v) is 7.47. The van der Waals surface area contributed by atoms with Crippen molar-refractivity contribution in [3.05, 3.63) is 54.1 Å². The fraction of sp³-hybridized carbons (Fsp3) is 0.294. The summed E-state index contributed by atoms with van der Waals surface area (Å²) in [5.41, 5.74) is 4.30. The second kappa shape index (κ2) is 6.06. The minimum atomic E-state index is 0.413. The van der Waals surface area contributed by atoms with Gasteiger partial charge in [-0.3, -0.25) is 0 Å². The molecule has 0 radical (unpaired) electrons. The molecule has 3 rings (SSSR count). The van der Waals surface area contributed by atoms with E-state index in [0.29, 0.717) is 6.04 Å². The molecule has 1 aromatic heterocycles. The molecule has 0 aliphatic carbocycles. The third kappa shape index (κ3) is 2.67. The Morgan fingerprint density at radius 2 is 1.81 bits per heavy atom. The Balaban J connectivity index is 1.93. The van der Waals surface area contributed by atoms with E-state index in [1.807, 2.05) is 28.9 Å². The summed E-state index contributed by atoms with van der Waals surface area (Å²) in [5.74, 6) is 0. The highest BCUT2D eigenvalue weighted by molar-refractivity contribution is 5.75. The SMILES string of the molecule is CCNC(CC)c1ccc(-n2nnc3ccccc32)cc1. The number of fused-ring (bicyclic) bond motifs is 1. The van der Waals surface area contributed by atoms with Gasteiger partial charge in [0.25, 0.3) is 0 Å². The molecule has 4 heteroatoms.